The number of benzene rings is 2. The van der Waals surface area contributed by atoms with Crippen molar-refractivity contribution in [3.63, 3.8) is 0 Å². The molecule has 0 amide bonds. The van der Waals surface area contributed by atoms with Gasteiger partial charge < -0.3 is 5.73 Å². The quantitative estimate of drug-likeness (QED) is 0.724. The van der Waals surface area contributed by atoms with Gasteiger partial charge >= 0.3 is 0 Å². The molecule has 0 heterocycles. The van der Waals surface area contributed by atoms with Crippen LogP contribution in [0.4, 0.5) is 0 Å². The van der Waals surface area contributed by atoms with Gasteiger partial charge in [-0.15, -0.1) is 0 Å². The van der Waals surface area contributed by atoms with Gasteiger partial charge in [-0.05, 0) is 42.3 Å². The van der Waals surface area contributed by atoms with Crippen LogP contribution in [-0.2, 0) is 5.54 Å². The fourth-order valence-electron chi connectivity index (χ4n) is 1.72. The summed E-state index contributed by atoms with van der Waals surface area (Å²) in [5.41, 5.74) is 6.99. The first kappa shape index (κ1) is 9.22. The predicted molar refractivity (Wildman–Crippen MR) is 60.0 cm³/mol. The van der Waals surface area contributed by atoms with Gasteiger partial charge in [-0.3, -0.25) is 0 Å². The van der Waals surface area contributed by atoms with Crippen molar-refractivity contribution >= 4 is 10.8 Å². The molecule has 14 heavy (non-hydrogen) atoms. The Morgan fingerprint density at radius 3 is 2.71 bits per heavy atom. The van der Waals surface area contributed by atoms with E-state index in [4.69, 9.17) is 5.73 Å². The highest BCUT2D eigenvalue weighted by atomic mass is 14.7. The Morgan fingerprint density at radius 2 is 2.00 bits per heavy atom. The summed E-state index contributed by atoms with van der Waals surface area (Å²) in [7, 11) is 0. The van der Waals surface area contributed by atoms with E-state index in [9.17, 15) is 0 Å². The molecule has 0 aromatic heterocycles. The molecule has 1 heteroatoms. The lowest BCUT2D eigenvalue weighted by atomic mass is 9.91. The highest BCUT2D eigenvalue weighted by Gasteiger charge is 2.16. The van der Waals surface area contributed by atoms with Crippen molar-refractivity contribution in [2.24, 2.45) is 5.73 Å². The summed E-state index contributed by atoms with van der Waals surface area (Å²) in [6, 6.07) is 15.3. The monoisotopic (exact) mass is 184 g/mol. The molecule has 0 bridgehead atoms. The van der Waals surface area contributed by atoms with Crippen LogP contribution in [0.5, 0.6) is 0 Å². The largest absolute Gasteiger partial charge is 0.322 e. The molecule has 2 rings (SSSR count). The Morgan fingerprint density at radius 1 is 1.21 bits per heavy atom. The lowest BCUT2D eigenvalue weighted by Crippen LogP contribution is -2.28. The molecular weight excluding hydrogens is 170 g/mol. The second-order valence-electron chi connectivity index (χ2n) is 4.17. The van der Waals surface area contributed by atoms with E-state index in [1.807, 2.05) is 32.0 Å². The number of hydrogen-bond donors (Lipinski definition) is 1. The maximum Gasteiger partial charge on any atom is 0.0358 e. The molecule has 2 aromatic carbocycles. The van der Waals surface area contributed by atoms with E-state index in [0.29, 0.717) is 0 Å². The Hall–Kier alpha value is -1.34. The highest BCUT2D eigenvalue weighted by Crippen LogP contribution is 2.25. The molecular formula is C13H14N. The molecule has 0 fully saturated rings. The minimum atomic E-state index is -0.297. The van der Waals surface area contributed by atoms with Gasteiger partial charge in [0.1, 0.15) is 0 Å². The van der Waals surface area contributed by atoms with Gasteiger partial charge in [-0.2, -0.15) is 0 Å². The Bertz CT molecular complexity index is 447. The number of rotatable bonds is 1. The predicted octanol–water partition coefficient (Wildman–Crippen LogP) is 2.83. The molecule has 0 aliphatic heterocycles. The molecule has 2 aromatic rings. The standard InChI is InChI=1S/C13H14N/c1-13(2,14)12-9-5-7-10-6-3-4-8-11(10)12/h3,5-9H,14H2,1-2H3. The molecule has 1 radical (unpaired) electrons. The van der Waals surface area contributed by atoms with E-state index in [2.05, 4.69) is 24.3 Å². The third-order valence-corrected chi connectivity index (χ3v) is 2.42. The van der Waals surface area contributed by atoms with Gasteiger partial charge in [0.05, 0.1) is 0 Å². The van der Waals surface area contributed by atoms with Crippen molar-refractivity contribution in [1.82, 2.24) is 0 Å². The second-order valence-corrected chi connectivity index (χ2v) is 4.17. The first-order valence-corrected chi connectivity index (χ1v) is 4.77. The summed E-state index contributed by atoms with van der Waals surface area (Å²) in [6.45, 7) is 4.05. The van der Waals surface area contributed by atoms with Gasteiger partial charge in [0.25, 0.3) is 0 Å². The molecule has 71 valence electrons. The van der Waals surface area contributed by atoms with Gasteiger partial charge in [-0.1, -0.05) is 30.3 Å². The van der Waals surface area contributed by atoms with E-state index >= 15 is 0 Å². The molecule has 0 saturated carbocycles. The molecule has 2 N–H and O–H groups in total. The van der Waals surface area contributed by atoms with E-state index in [0.717, 1.165) is 0 Å². The summed E-state index contributed by atoms with van der Waals surface area (Å²) in [5, 5.41) is 2.42. The first-order chi connectivity index (χ1) is 6.59. The van der Waals surface area contributed by atoms with Crippen LogP contribution in [0.15, 0.2) is 36.4 Å². The molecule has 0 aliphatic carbocycles. The summed E-state index contributed by atoms with van der Waals surface area (Å²) < 4.78 is 0. The number of hydrogen-bond acceptors (Lipinski definition) is 1. The topological polar surface area (TPSA) is 26.0 Å². The van der Waals surface area contributed by atoms with Crippen molar-refractivity contribution in [2.45, 2.75) is 19.4 Å². The second kappa shape index (κ2) is 3.10. The molecule has 0 spiro atoms. The minimum Gasteiger partial charge on any atom is -0.322 e. The molecule has 0 unspecified atom stereocenters. The van der Waals surface area contributed by atoms with Gasteiger partial charge in [0.2, 0.25) is 0 Å². The van der Waals surface area contributed by atoms with E-state index in [1.165, 1.54) is 16.3 Å². The zero-order valence-corrected chi connectivity index (χ0v) is 8.54. The zero-order chi connectivity index (χ0) is 10.2. The van der Waals surface area contributed by atoms with Crippen LogP contribution >= 0.6 is 0 Å². The SMILES string of the molecule is CC(C)(N)c1cccc2cc[c]cc12. The summed E-state index contributed by atoms with van der Waals surface area (Å²) in [6.07, 6.45) is 0. The summed E-state index contributed by atoms with van der Waals surface area (Å²) >= 11 is 0. The lowest BCUT2D eigenvalue weighted by Gasteiger charge is -2.21. The van der Waals surface area contributed by atoms with Crippen LogP contribution < -0.4 is 5.73 Å². The third-order valence-electron chi connectivity index (χ3n) is 2.42. The first-order valence-electron chi connectivity index (χ1n) is 4.77. The van der Waals surface area contributed by atoms with Crippen LogP contribution in [0.25, 0.3) is 10.8 Å². The smallest absolute Gasteiger partial charge is 0.0358 e. The Labute approximate surface area is 84.5 Å². The average molecular weight is 184 g/mol. The van der Waals surface area contributed by atoms with Crippen LogP contribution in [0.1, 0.15) is 19.4 Å². The van der Waals surface area contributed by atoms with Gasteiger partial charge in [-0.25, -0.2) is 0 Å². The Balaban J connectivity index is 2.78. The highest BCUT2D eigenvalue weighted by molar-refractivity contribution is 5.86. The minimum absolute atomic E-state index is 0.297. The molecule has 0 atom stereocenters. The van der Waals surface area contributed by atoms with Crippen LogP contribution in [0, 0.1) is 6.07 Å². The van der Waals surface area contributed by atoms with Crippen molar-refractivity contribution in [3.8, 4) is 0 Å². The normalized spacial score (nSPS) is 11.9. The Kier molecular flexibility index (Phi) is 2.05. The molecule has 0 saturated heterocycles. The van der Waals surface area contributed by atoms with Crippen LogP contribution in [0.3, 0.4) is 0 Å². The third kappa shape index (κ3) is 1.51. The van der Waals surface area contributed by atoms with Crippen LogP contribution in [-0.4, -0.2) is 0 Å². The summed E-state index contributed by atoms with van der Waals surface area (Å²) in [4.78, 5) is 0. The van der Waals surface area contributed by atoms with E-state index < -0.39 is 0 Å². The van der Waals surface area contributed by atoms with E-state index in [-0.39, 0.29) is 5.54 Å². The number of nitrogens with two attached hydrogens (primary N) is 1. The maximum atomic E-state index is 6.11. The van der Waals surface area contributed by atoms with Crippen LogP contribution in [0.2, 0.25) is 0 Å². The molecule has 0 aliphatic rings. The molecule has 1 nitrogen and oxygen atoms in total. The van der Waals surface area contributed by atoms with Crippen molar-refractivity contribution < 1.29 is 0 Å². The fourth-order valence-corrected chi connectivity index (χ4v) is 1.72. The average Bonchev–Trinajstić information content (AvgIpc) is 2.15. The van der Waals surface area contributed by atoms with E-state index in [1.54, 1.807) is 0 Å². The van der Waals surface area contributed by atoms with Crippen molar-refractivity contribution in [3.05, 3.63) is 48.0 Å². The van der Waals surface area contributed by atoms with Gasteiger partial charge in [0.15, 0.2) is 0 Å². The lowest BCUT2D eigenvalue weighted by molar-refractivity contribution is 0.559. The van der Waals surface area contributed by atoms with Crippen molar-refractivity contribution in [2.75, 3.05) is 0 Å². The van der Waals surface area contributed by atoms with Crippen molar-refractivity contribution in [1.29, 1.82) is 0 Å². The number of fused-ring (bicyclic) bond motifs is 1. The van der Waals surface area contributed by atoms with Gasteiger partial charge in [0, 0.05) is 5.54 Å². The fraction of sp³-hybridized carbons (Fsp3) is 0.231. The zero-order valence-electron chi connectivity index (χ0n) is 8.54. The summed E-state index contributed by atoms with van der Waals surface area (Å²) in [5.74, 6) is 0. The maximum absolute atomic E-state index is 6.11.